The lowest BCUT2D eigenvalue weighted by Crippen LogP contribution is -2.26. The molecule has 1 aromatic carbocycles. The molecule has 4 heteroatoms. The molecule has 4 nitrogen and oxygen atoms in total. The van der Waals surface area contributed by atoms with Gasteiger partial charge in [-0.25, -0.2) is 0 Å². The highest BCUT2D eigenvalue weighted by Crippen LogP contribution is 2.25. The Morgan fingerprint density at radius 3 is 2.82 bits per heavy atom. The summed E-state index contributed by atoms with van der Waals surface area (Å²) in [5, 5.41) is 14.3. The SMILES string of the molecule is CC1CCC(NCc2ccccc2[N+](=O)[O-])C1. The van der Waals surface area contributed by atoms with Crippen LogP contribution in [0.2, 0.25) is 0 Å². The molecule has 17 heavy (non-hydrogen) atoms. The fourth-order valence-corrected chi connectivity index (χ4v) is 2.49. The Morgan fingerprint density at radius 2 is 2.18 bits per heavy atom. The lowest BCUT2D eigenvalue weighted by Gasteiger charge is -2.12. The third-order valence-corrected chi connectivity index (χ3v) is 3.46. The number of hydrogen-bond acceptors (Lipinski definition) is 3. The molecule has 0 saturated heterocycles. The first kappa shape index (κ1) is 12.0. The van der Waals surface area contributed by atoms with Crippen LogP contribution in [-0.2, 0) is 6.54 Å². The number of nitro groups is 1. The van der Waals surface area contributed by atoms with E-state index in [2.05, 4.69) is 12.2 Å². The number of nitrogens with one attached hydrogen (secondary N) is 1. The summed E-state index contributed by atoms with van der Waals surface area (Å²) in [7, 11) is 0. The second kappa shape index (κ2) is 5.27. The lowest BCUT2D eigenvalue weighted by molar-refractivity contribution is -0.385. The fraction of sp³-hybridized carbons (Fsp3) is 0.538. The number of hydrogen-bond donors (Lipinski definition) is 1. The van der Waals surface area contributed by atoms with E-state index in [1.807, 2.05) is 12.1 Å². The highest BCUT2D eigenvalue weighted by atomic mass is 16.6. The summed E-state index contributed by atoms with van der Waals surface area (Å²) < 4.78 is 0. The average Bonchev–Trinajstić information content (AvgIpc) is 2.73. The van der Waals surface area contributed by atoms with Crippen molar-refractivity contribution in [3.05, 3.63) is 39.9 Å². The van der Waals surface area contributed by atoms with Crippen molar-refractivity contribution in [2.75, 3.05) is 0 Å². The summed E-state index contributed by atoms with van der Waals surface area (Å²) >= 11 is 0. The van der Waals surface area contributed by atoms with Crippen molar-refractivity contribution in [1.29, 1.82) is 0 Å². The van der Waals surface area contributed by atoms with Crippen LogP contribution in [0.1, 0.15) is 31.7 Å². The zero-order chi connectivity index (χ0) is 12.3. The van der Waals surface area contributed by atoms with Gasteiger partial charge in [-0.15, -0.1) is 0 Å². The summed E-state index contributed by atoms with van der Waals surface area (Å²) in [5.41, 5.74) is 0.989. The third-order valence-electron chi connectivity index (χ3n) is 3.46. The van der Waals surface area contributed by atoms with Crippen molar-refractivity contribution in [1.82, 2.24) is 5.32 Å². The van der Waals surface area contributed by atoms with Gasteiger partial charge in [0, 0.05) is 24.2 Å². The molecule has 2 atom stereocenters. The molecule has 0 aromatic heterocycles. The van der Waals surface area contributed by atoms with E-state index >= 15 is 0 Å². The van der Waals surface area contributed by atoms with Crippen LogP contribution in [0, 0.1) is 16.0 Å². The Hall–Kier alpha value is -1.42. The minimum Gasteiger partial charge on any atom is -0.310 e. The van der Waals surface area contributed by atoms with Crippen molar-refractivity contribution in [2.24, 2.45) is 5.92 Å². The molecule has 1 aliphatic carbocycles. The average molecular weight is 234 g/mol. The number of benzene rings is 1. The van der Waals surface area contributed by atoms with Crippen molar-refractivity contribution >= 4 is 5.69 Å². The van der Waals surface area contributed by atoms with Crippen molar-refractivity contribution in [3.8, 4) is 0 Å². The van der Waals surface area contributed by atoms with Crippen LogP contribution in [0.4, 0.5) is 5.69 Å². The van der Waals surface area contributed by atoms with Crippen molar-refractivity contribution < 1.29 is 4.92 Å². The molecule has 0 spiro atoms. The van der Waals surface area contributed by atoms with Crippen LogP contribution in [0.3, 0.4) is 0 Å². The minimum atomic E-state index is -0.311. The molecule has 92 valence electrons. The summed E-state index contributed by atoms with van der Waals surface area (Å²) in [6.45, 7) is 2.85. The molecule has 1 aliphatic rings. The zero-order valence-electron chi connectivity index (χ0n) is 10.1. The van der Waals surface area contributed by atoms with E-state index in [1.165, 1.54) is 19.3 Å². The van der Waals surface area contributed by atoms with E-state index in [-0.39, 0.29) is 10.6 Å². The van der Waals surface area contributed by atoms with Crippen LogP contribution >= 0.6 is 0 Å². The van der Waals surface area contributed by atoms with Gasteiger partial charge in [-0.05, 0) is 25.2 Å². The molecule has 1 saturated carbocycles. The Kier molecular flexibility index (Phi) is 3.74. The van der Waals surface area contributed by atoms with Crippen LogP contribution in [0.25, 0.3) is 0 Å². The maximum Gasteiger partial charge on any atom is 0.273 e. The Balaban J connectivity index is 1.97. The molecule has 0 amide bonds. The zero-order valence-corrected chi connectivity index (χ0v) is 10.1. The quantitative estimate of drug-likeness (QED) is 0.643. The van der Waals surface area contributed by atoms with Gasteiger partial charge in [-0.1, -0.05) is 25.1 Å². The number of rotatable bonds is 4. The third kappa shape index (κ3) is 3.03. The second-order valence-electron chi connectivity index (χ2n) is 4.88. The number of nitrogens with zero attached hydrogens (tertiary/aromatic N) is 1. The van der Waals surface area contributed by atoms with E-state index in [9.17, 15) is 10.1 Å². The van der Waals surface area contributed by atoms with Gasteiger partial charge in [0.2, 0.25) is 0 Å². The Bertz CT molecular complexity index is 406. The molecular weight excluding hydrogens is 216 g/mol. The smallest absolute Gasteiger partial charge is 0.273 e. The predicted octanol–water partition coefficient (Wildman–Crippen LogP) is 2.87. The van der Waals surface area contributed by atoms with Gasteiger partial charge < -0.3 is 5.32 Å². The van der Waals surface area contributed by atoms with Gasteiger partial charge in [0.15, 0.2) is 0 Å². The molecule has 0 heterocycles. The van der Waals surface area contributed by atoms with Gasteiger partial charge in [0.05, 0.1) is 4.92 Å². The van der Waals surface area contributed by atoms with E-state index in [0.717, 1.165) is 11.5 Å². The number of para-hydroxylation sites is 1. The molecule has 1 fully saturated rings. The van der Waals surface area contributed by atoms with Crippen LogP contribution in [-0.4, -0.2) is 11.0 Å². The first-order valence-electron chi connectivity index (χ1n) is 6.12. The second-order valence-corrected chi connectivity index (χ2v) is 4.88. The molecule has 2 unspecified atom stereocenters. The van der Waals surface area contributed by atoms with Crippen LogP contribution in [0.15, 0.2) is 24.3 Å². The normalized spacial score (nSPS) is 23.8. The lowest BCUT2D eigenvalue weighted by atomic mass is 10.1. The van der Waals surface area contributed by atoms with Gasteiger partial charge in [0.25, 0.3) is 5.69 Å². The predicted molar refractivity (Wildman–Crippen MR) is 66.7 cm³/mol. The molecule has 0 bridgehead atoms. The van der Waals surface area contributed by atoms with E-state index in [1.54, 1.807) is 12.1 Å². The summed E-state index contributed by atoms with van der Waals surface area (Å²) in [6.07, 6.45) is 3.62. The first-order chi connectivity index (χ1) is 8.16. The first-order valence-corrected chi connectivity index (χ1v) is 6.12. The topological polar surface area (TPSA) is 55.2 Å². The summed E-state index contributed by atoms with van der Waals surface area (Å²) in [6, 6.07) is 7.46. The molecule has 1 N–H and O–H groups in total. The molecule has 0 aliphatic heterocycles. The van der Waals surface area contributed by atoms with Gasteiger partial charge >= 0.3 is 0 Å². The standard InChI is InChI=1S/C13H18N2O2/c1-10-6-7-12(8-10)14-9-11-4-2-3-5-13(11)15(16)17/h2-5,10,12,14H,6-9H2,1H3. The maximum atomic E-state index is 10.8. The molecular formula is C13H18N2O2. The monoisotopic (exact) mass is 234 g/mol. The van der Waals surface area contributed by atoms with Crippen LogP contribution in [0.5, 0.6) is 0 Å². The number of nitro benzene ring substituents is 1. The molecule has 0 radical (unpaired) electrons. The highest BCUT2D eigenvalue weighted by molar-refractivity contribution is 5.39. The molecule has 2 rings (SSSR count). The van der Waals surface area contributed by atoms with Crippen molar-refractivity contribution in [2.45, 2.75) is 38.8 Å². The van der Waals surface area contributed by atoms with Gasteiger partial charge in [-0.2, -0.15) is 0 Å². The summed E-state index contributed by atoms with van der Waals surface area (Å²) in [4.78, 5) is 10.5. The summed E-state index contributed by atoms with van der Waals surface area (Å²) in [5.74, 6) is 0.776. The van der Waals surface area contributed by atoms with E-state index < -0.39 is 0 Å². The highest BCUT2D eigenvalue weighted by Gasteiger charge is 2.21. The van der Waals surface area contributed by atoms with Gasteiger partial charge in [0.1, 0.15) is 0 Å². The Morgan fingerprint density at radius 1 is 1.41 bits per heavy atom. The minimum absolute atomic E-state index is 0.214. The van der Waals surface area contributed by atoms with Crippen LogP contribution < -0.4 is 5.32 Å². The van der Waals surface area contributed by atoms with Gasteiger partial charge in [-0.3, -0.25) is 10.1 Å². The fourth-order valence-electron chi connectivity index (χ4n) is 2.49. The van der Waals surface area contributed by atoms with E-state index in [0.29, 0.717) is 12.6 Å². The molecule has 1 aromatic rings. The maximum absolute atomic E-state index is 10.8. The van der Waals surface area contributed by atoms with Crippen molar-refractivity contribution in [3.63, 3.8) is 0 Å². The largest absolute Gasteiger partial charge is 0.310 e. The Labute approximate surface area is 101 Å². The van der Waals surface area contributed by atoms with E-state index in [4.69, 9.17) is 0 Å².